The van der Waals surface area contributed by atoms with E-state index in [0.717, 1.165) is 22.6 Å². The Labute approximate surface area is 121 Å². The third kappa shape index (κ3) is 3.40. The van der Waals surface area contributed by atoms with Crippen LogP contribution in [-0.4, -0.2) is 0 Å². The molecule has 1 unspecified atom stereocenters. The summed E-state index contributed by atoms with van der Waals surface area (Å²) in [6, 6.07) is 14.4. The SMILES string of the molecule is Cc1ccc(C(C)C)cc1Oc1ccc(C(C)N)cc1. The van der Waals surface area contributed by atoms with Crippen LogP contribution in [-0.2, 0) is 0 Å². The van der Waals surface area contributed by atoms with Gasteiger partial charge in [0.25, 0.3) is 0 Å². The molecule has 0 spiro atoms. The number of aryl methyl sites for hydroxylation is 1. The lowest BCUT2D eigenvalue weighted by atomic mass is 10.0. The van der Waals surface area contributed by atoms with E-state index in [4.69, 9.17) is 10.5 Å². The van der Waals surface area contributed by atoms with Gasteiger partial charge < -0.3 is 10.5 Å². The number of ether oxygens (including phenoxy) is 1. The van der Waals surface area contributed by atoms with E-state index in [2.05, 4.69) is 39.0 Å². The van der Waals surface area contributed by atoms with E-state index in [-0.39, 0.29) is 6.04 Å². The van der Waals surface area contributed by atoms with Crippen LogP contribution in [0.3, 0.4) is 0 Å². The van der Waals surface area contributed by atoms with E-state index in [1.54, 1.807) is 0 Å². The van der Waals surface area contributed by atoms with E-state index in [1.807, 2.05) is 31.2 Å². The van der Waals surface area contributed by atoms with E-state index in [9.17, 15) is 0 Å². The van der Waals surface area contributed by atoms with Crippen LogP contribution in [0.5, 0.6) is 11.5 Å². The Hall–Kier alpha value is -1.80. The topological polar surface area (TPSA) is 35.2 Å². The Morgan fingerprint density at radius 1 is 0.900 bits per heavy atom. The fourth-order valence-electron chi connectivity index (χ4n) is 2.05. The highest BCUT2D eigenvalue weighted by Crippen LogP contribution is 2.29. The van der Waals surface area contributed by atoms with Gasteiger partial charge in [0.15, 0.2) is 0 Å². The molecule has 2 N–H and O–H groups in total. The lowest BCUT2D eigenvalue weighted by Gasteiger charge is -2.13. The minimum Gasteiger partial charge on any atom is -0.457 e. The van der Waals surface area contributed by atoms with Gasteiger partial charge in [-0.1, -0.05) is 38.1 Å². The summed E-state index contributed by atoms with van der Waals surface area (Å²) in [5.41, 5.74) is 9.40. The summed E-state index contributed by atoms with van der Waals surface area (Å²) in [5, 5.41) is 0. The van der Waals surface area contributed by atoms with Gasteiger partial charge >= 0.3 is 0 Å². The van der Waals surface area contributed by atoms with Crippen LogP contribution >= 0.6 is 0 Å². The summed E-state index contributed by atoms with van der Waals surface area (Å²) in [5.74, 6) is 2.27. The first kappa shape index (κ1) is 14.6. The smallest absolute Gasteiger partial charge is 0.130 e. The summed E-state index contributed by atoms with van der Waals surface area (Å²) >= 11 is 0. The molecule has 0 radical (unpaired) electrons. The summed E-state index contributed by atoms with van der Waals surface area (Å²) in [6.07, 6.45) is 0. The van der Waals surface area contributed by atoms with Gasteiger partial charge in [-0.05, 0) is 54.7 Å². The van der Waals surface area contributed by atoms with Crippen LogP contribution in [0.25, 0.3) is 0 Å². The summed E-state index contributed by atoms with van der Waals surface area (Å²) in [6.45, 7) is 8.42. The van der Waals surface area contributed by atoms with Gasteiger partial charge in [0.1, 0.15) is 11.5 Å². The van der Waals surface area contributed by atoms with E-state index in [0.29, 0.717) is 5.92 Å². The molecule has 0 aliphatic heterocycles. The summed E-state index contributed by atoms with van der Waals surface area (Å²) in [7, 11) is 0. The maximum absolute atomic E-state index is 5.99. The van der Waals surface area contributed by atoms with Crippen molar-refractivity contribution in [3.05, 3.63) is 59.2 Å². The molecule has 0 saturated carbocycles. The van der Waals surface area contributed by atoms with E-state index < -0.39 is 0 Å². The molecule has 0 fully saturated rings. The molecule has 106 valence electrons. The van der Waals surface area contributed by atoms with Crippen molar-refractivity contribution in [2.24, 2.45) is 5.73 Å². The zero-order valence-corrected chi connectivity index (χ0v) is 12.7. The molecule has 2 aromatic rings. The second-order valence-electron chi connectivity index (χ2n) is 5.64. The van der Waals surface area contributed by atoms with Crippen molar-refractivity contribution in [3.63, 3.8) is 0 Å². The molecule has 2 heteroatoms. The Bertz CT molecular complexity index is 570. The van der Waals surface area contributed by atoms with Crippen LogP contribution < -0.4 is 10.5 Å². The Morgan fingerprint density at radius 3 is 2.05 bits per heavy atom. The molecule has 0 bridgehead atoms. The molecule has 0 aliphatic carbocycles. The number of nitrogens with two attached hydrogens (primary N) is 1. The zero-order chi connectivity index (χ0) is 14.7. The van der Waals surface area contributed by atoms with Crippen LogP contribution in [0.1, 0.15) is 49.4 Å². The summed E-state index contributed by atoms with van der Waals surface area (Å²) < 4.78 is 5.99. The average molecular weight is 269 g/mol. The monoisotopic (exact) mass is 269 g/mol. The predicted octanol–water partition coefficient (Wildman–Crippen LogP) is 4.93. The highest BCUT2D eigenvalue weighted by molar-refractivity contribution is 5.41. The number of rotatable bonds is 4. The molecule has 0 saturated heterocycles. The van der Waals surface area contributed by atoms with Crippen molar-refractivity contribution in [2.75, 3.05) is 0 Å². The van der Waals surface area contributed by atoms with Gasteiger partial charge in [0.2, 0.25) is 0 Å². The second kappa shape index (κ2) is 6.10. The molecular formula is C18H23NO. The second-order valence-corrected chi connectivity index (χ2v) is 5.64. The van der Waals surface area contributed by atoms with Gasteiger partial charge in [-0.15, -0.1) is 0 Å². The Morgan fingerprint density at radius 2 is 1.50 bits per heavy atom. The molecule has 20 heavy (non-hydrogen) atoms. The molecule has 0 aromatic heterocycles. The lowest BCUT2D eigenvalue weighted by Crippen LogP contribution is -2.04. The van der Waals surface area contributed by atoms with Gasteiger partial charge in [0, 0.05) is 6.04 Å². The molecule has 1 atom stereocenters. The molecule has 0 aliphatic rings. The predicted molar refractivity (Wildman–Crippen MR) is 84.4 cm³/mol. The van der Waals surface area contributed by atoms with Crippen LogP contribution in [0.4, 0.5) is 0 Å². The van der Waals surface area contributed by atoms with E-state index in [1.165, 1.54) is 5.56 Å². The molecule has 0 heterocycles. The largest absolute Gasteiger partial charge is 0.457 e. The van der Waals surface area contributed by atoms with Crippen molar-refractivity contribution in [1.82, 2.24) is 0 Å². The standard InChI is InChI=1S/C18H23NO/c1-12(2)16-6-5-13(3)18(11-16)20-17-9-7-15(8-10-17)14(4)19/h5-12,14H,19H2,1-4H3. The van der Waals surface area contributed by atoms with Crippen LogP contribution in [0.2, 0.25) is 0 Å². The molecule has 2 nitrogen and oxygen atoms in total. The normalized spacial score (nSPS) is 12.5. The van der Waals surface area contributed by atoms with Crippen molar-refractivity contribution < 1.29 is 4.74 Å². The third-order valence-corrected chi connectivity index (χ3v) is 3.51. The van der Waals surface area contributed by atoms with Crippen molar-refractivity contribution in [3.8, 4) is 11.5 Å². The quantitative estimate of drug-likeness (QED) is 0.854. The Balaban J connectivity index is 2.23. The number of benzene rings is 2. The lowest BCUT2D eigenvalue weighted by molar-refractivity contribution is 0.477. The maximum atomic E-state index is 5.99. The first-order chi connectivity index (χ1) is 9.47. The maximum Gasteiger partial charge on any atom is 0.130 e. The minimum absolute atomic E-state index is 0.0510. The van der Waals surface area contributed by atoms with Crippen molar-refractivity contribution in [2.45, 2.75) is 39.7 Å². The van der Waals surface area contributed by atoms with E-state index >= 15 is 0 Å². The van der Waals surface area contributed by atoms with Gasteiger partial charge in [0.05, 0.1) is 0 Å². The molecule has 2 aromatic carbocycles. The van der Waals surface area contributed by atoms with Gasteiger partial charge in [-0.3, -0.25) is 0 Å². The van der Waals surface area contributed by atoms with Gasteiger partial charge in [-0.2, -0.15) is 0 Å². The summed E-state index contributed by atoms with van der Waals surface area (Å²) in [4.78, 5) is 0. The van der Waals surface area contributed by atoms with Crippen LogP contribution in [0, 0.1) is 6.92 Å². The number of hydrogen-bond donors (Lipinski definition) is 1. The minimum atomic E-state index is 0.0510. The molecular weight excluding hydrogens is 246 g/mol. The Kier molecular flexibility index (Phi) is 4.46. The fourth-order valence-corrected chi connectivity index (χ4v) is 2.05. The average Bonchev–Trinajstić information content (AvgIpc) is 2.41. The van der Waals surface area contributed by atoms with Crippen LogP contribution in [0.15, 0.2) is 42.5 Å². The first-order valence-electron chi connectivity index (χ1n) is 7.11. The van der Waals surface area contributed by atoms with Gasteiger partial charge in [-0.25, -0.2) is 0 Å². The number of hydrogen-bond acceptors (Lipinski definition) is 2. The third-order valence-electron chi connectivity index (χ3n) is 3.51. The first-order valence-corrected chi connectivity index (χ1v) is 7.11. The van der Waals surface area contributed by atoms with Crippen molar-refractivity contribution >= 4 is 0 Å². The molecule has 0 amide bonds. The highest BCUT2D eigenvalue weighted by atomic mass is 16.5. The van der Waals surface area contributed by atoms with Crippen molar-refractivity contribution in [1.29, 1.82) is 0 Å². The zero-order valence-electron chi connectivity index (χ0n) is 12.7. The molecule has 2 rings (SSSR count). The fraction of sp³-hybridized carbons (Fsp3) is 0.333. The highest BCUT2D eigenvalue weighted by Gasteiger charge is 2.06.